The number of nitrogens with zero attached hydrogens (tertiary/aromatic N) is 3. The molecule has 1 aromatic rings. The van der Waals surface area contributed by atoms with E-state index in [1.54, 1.807) is 7.11 Å². The van der Waals surface area contributed by atoms with Crippen LogP contribution in [0.15, 0.2) is 12.4 Å². The largest absolute Gasteiger partial charge is 0.385 e. The summed E-state index contributed by atoms with van der Waals surface area (Å²) in [6.07, 6.45) is 6.73. The minimum atomic E-state index is 0.569. The summed E-state index contributed by atoms with van der Waals surface area (Å²) in [5.41, 5.74) is 0. The van der Waals surface area contributed by atoms with Gasteiger partial charge in [-0.2, -0.15) is 5.26 Å². The zero-order valence-electron chi connectivity index (χ0n) is 10.1. The van der Waals surface area contributed by atoms with Crippen molar-refractivity contribution in [3.8, 4) is 6.07 Å². The molecule has 88 valence electrons. The Labute approximate surface area is 97.1 Å². The van der Waals surface area contributed by atoms with E-state index >= 15 is 0 Å². The number of imidazole rings is 1. The second-order valence-corrected chi connectivity index (χ2v) is 3.71. The maximum Gasteiger partial charge on any atom is 0.256 e. The highest BCUT2D eigenvalue weighted by Crippen LogP contribution is 1.99. The number of ether oxygens (including phenoxy) is 1. The fraction of sp³-hybridized carbons (Fsp3) is 0.667. The number of methoxy groups -OCH3 is 1. The van der Waals surface area contributed by atoms with Crippen molar-refractivity contribution in [1.29, 1.82) is 5.26 Å². The predicted octanol–water partition coefficient (Wildman–Crippen LogP) is 1.29. The molecule has 0 bridgehead atoms. The molecular weight excluding hydrogens is 202 g/mol. The van der Waals surface area contributed by atoms with E-state index in [9.17, 15) is 0 Å². The van der Waals surface area contributed by atoms with E-state index in [-0.39, 0.29) is 0 Å². The molecule has 1 heterocycles. The van der Waals surface area contributed by atoms with Crippen LogP contribution in [0.25, 0.3) is 0 Å². The van der Waals surface area contributed by atoms with E-state index in [4.69, 9.17) is 10.00 Å². The van der Waals surface area contributed by atoms with Gasteiger partial charge in [-0.05, 0) is 0 Å². The Kier molecular flexibility index (Phi) is 5.58. The van der Waals surface area contributed by atoms with Crippen LogP contribution >= 0.6 is 0 Å². The van der Waals surface area contributed by atoms with Crippen molar-refractivity contribution in [1.82, 2.24) is 4.57 Å². The molecule has 4 heteroatoms. The lowest BCUT2D eigenvalue weighted by Crippen LogP contribution is -2.36. The summed E-state index contributed by atoms with van der Waals surface area (Å²) in [6.45, 7) is 4.71. The minimum Gasteiger partial charge on any atom is -0.385 e. The Morgan fingerprint density at radius 3 is 3.00 bits per heavy atom. The normalized spacial score (nSPS) is 10.3. The number of hydrogen-bond acceptors (Lipinski definition) is 2. The minimum absolute atomic E-state index is 0.569. The molecule has 0 aliphatic carbocycles. The molecule has 0 aliphatic rings. The fourth-order valence-corrected chi connectivity index (χ4v) is 1.86. The van der Waals surface area contributed by atoms with Crippen molar-refractivity contribution in [3.63, 3.8) is 0 Å². The van der Waals surface area contributed by atoms with Crippen molar-refractivity contribution in [3.05, 3.63) is 18.2 Å². The summed E-state index contributed by atoms with van der Waals surface area (Å²) in [6, 6.07) is 2.18. The van der Waals surface area contributed by atoms with Crippen LogP contribution in [0.3, 0.4) is 0 Å². The van der Waals surface area contributed by atoms with Crippen LogP contribution in [0.2, 0.25) is 0 Å². The molecule has 0 saturated carbocycles. The zero-order valence-corrected chi connectivity index (χ0v) is 10.1. The second-order valence-electron chi connectivity index (χ2n) is 3.71. The first-order valence-corrected chi connectivity index (χ1v) is 5.76. The Hall–Kier alpha value is -1.34. The van der Waals surface area contributed by atoms with Gasteiger partial charge in [-0.25, -0.2) is 9.13 Å². The Morgan fingerprint density at radius 2 is 2.38 bits per heavy atom. The average molecular weight is 222 g/mol. The molecule has 1 aromatic heterocycles. The molecule has 0 radical (unpaired) electrons. The van der Waals surface area contributed by atoms with Gasteiger partial charge < -0.3 is 4.74 Å². The predicted molar refractivity (Wildman–Crippen MR) is 60.7 cm³/mol. The van der Waals surface area contributed by atoms with Gasteiger partial charge in [0, 0.05) is 26.6 Å². The van der Waals surface area contributed by atoms with Gasteiger partial charge in [0.2, 0.25) is 0 Å². The molecule has 0 spiro atoms. The van der Waals surface area contributed by atoms with Crippen LogP contribution in [-0.4, -0.2) is 18.3 Å². The molecule has 1 rings (SSSR count). The summed E-state index contributed by atoms with van der Waals surface area (Å²) in [7, 11) is 1.73. The highest BCUT2D eigenvalue weighted by molar-refractivity contribution is 4.83. The maximum atomic E-state index is 8.58. The third kappa shape index (κ3) is 3.35. The van der Waals surface area contributed by atoms with E-state index in [2.05, 4.69) is 34.5 Å². The van der Waals surface area contributed by atoms with Crippen molar-refractivity contribution in [2.24, 2.45) is 0 Å². The van der Waals surface area contributed by atoms with Crippen LogP contribution in [-0.2, 0) is 24.2 Å². The van der Waals surface area contributed by atoms with Gasteiger partial charge in [-0.3, -0.25) is 0 Å². The molecule has 4 nitrogen and oxygen atoms in total. The first kappa shape index (κ1) is 12.7. The van der Waals surface area contributed by atoms with Crippen LogP contribution in [0.4, 0.5) is 0 Å². The van der Waals surface area contributed by atoms with Crippen LogP contribution in [0, 0.1) is 11.3 Å². The molecule has 16 heavy (non-hydrogen) atoms. The number of rotatable bonds is 7. The van der Waals surface area contributed by atoms with E-state index in [0.29, 0.717) is 6.42 Å². The molecule has 0 aliphatic heterocycles. The summed E-state index contributed by atoms with van der Waals surface area (Å²) in [5, 5.41) is 8.58. The Morgan fingerprint density at radius 1 is 1.56 bits per heavy atom. The number of nitriles is 1. The molecule has 0 aromatic carbocycles. The first-order chi connectivity index (χ1) is 7.83. The zero-order chi connectivity index (χ0) is 11.8. The van der Waals surface area contributed by atoms with Crippen molar-refractivity contribution < 1.29 is 9.30 Å². The van der Waals surface area contributed by atoms with E-state index in [1.165, 1.54) is 5.82 Å². The van der Waals surface area contributed by atoms with E-state index in [0.717, 1.165) is 32.5 Å². The molecule has 0 saturated heterocycles. The first-order valence-electron chi connectivity index (χ1n) is 5.76. The van der Waals surface area contributed by atoms with Crippen molar-refractivity contribution >= 4 is 0 Å². The lowest BCUT2D eigenvalue weighted by molar-refractivity contribution is -0.702. The lowest BCUT2D eigenvalue weighted by atomic mass is 10.4. The fourth-order valence-electron chi connectivity index (χ4n) is 1.86. The lowest BCUT2D eigenvalue weighted by Gasteiger charge is -2.02. The third-order valence-corrected chi connectivity index (χ3v) is 2.62. The molecule has 0 unspecified atom stereocenters. The summed E-state index contributed by atoms with van der Waals surface area (Å²) >= 11 is 0. The van der Waals surface area contributed by atoms with Gasteiger partial charge in [-0.15, -0.1) is 0 Å². The van der Waals surface area contributed by atoms with Gasteiger partial charge in [0.1, 0.15) is 18.9 Å². The van der Waals surface area contributed by atoms with Crippen LogP contribution in [0.1, 0.15) is 25.6 Å². The smallest absolute Gasteiger partial charge is 0.256 e. The number of aryl methyl sites for hydroxylation is 2. The summed E-state index contributed by atoms with van der Waals surface area (Å²) in [4.78, 5) is 0. The Balaban J connectivity index is 2.63. The van der Waals surface area contributed by atoms with Crippen LogP contribution in [0.5, 0.6) is 0 Å². The standard InChI is InChI=1S/C12H20N3O/c1-3-12-14(7-4-6-13)9-10-15(12)8-5-11-16-2/h9-10H,3-5,7-8,11H2,1-2H3/q+1. The van der Waals surface area contributed by atoms with Gasteiger partial charge in [0.25, 0.3) is 5.82 Å². The monoisotopic (exact) mass is 222 g/mol. The van der Waals surface area contributed by atoms with Gasteiger partial charge in [-0.1, -0.05) is 6.92 Å². The third-order valence-electron chi connectivity index (χ3n) is 2.62. The van der Waals surface area contributed by atoms with Gasteiger partial charge >= 0.3 is 0 Å². The van der Waals surface area contributed by atoms with E-state index < -0.39 is 0 Å². The molecule has 0 amide bonds. The average Bonchev–Trinajstić information content (AvgIpc) is 2.69. The highest BCUT2D eigenvalue weighted by Gasteiger charge is 2.13. The maximum absolute atomic E-state index is 8.58. The second kappa shape index (κ2) is 7.02. The highest BCUT2D eigenvalue weighted by atomic mass is 16.5. The van der Waals surface area contributed by atoms with Crippen molar-refractivity contribution in [2.45, 2.75) is 39.3 Å². The van der Waals surface area contributed by atoms with E-state index in [1.807, 2.05) is 0 Å². The molecular formula is C12H20N3O+. The quantitative estimate of drug-likeness (QED) is 0.515. The topological polar surface area (TPSA) is 41.8 Å². The molecule has 0 atom stereocenters. The summed E-state index contributed by atoms with van der Waals surface area (Å²) in [5.74, 6) is 1.28. The summed E-state index contributed by atoms with van der Waals surface area (Å²) < 4.78 is 9.45. The number of hydrogen-bond donors (Lipinski definition) is 0. The van der Waals surface area contributed by atoms with Crippen molar-refractivity contribution in [2.75, 3.05) is 13.7 Å². The Bertz CT molecular complexity index is 352. The number of aromatic nitrogens is 2. The SMILES string of the molecule is CCc1n(CCCOC)cc[n+]1CCC#N. The molecule has 0 N–H and O–H groups in total. The molecule has 0 fully saturated rings. The van der Waals surface area contributed by atoms with Gasteiger partial charge in [0.15, 0.2) is 0 Å². The van der Waals surface area contributed by atoms with Crippen LogP contribution < -0.4 is 4.57 Å². The van der Waals surface area contributed by atoms with Gasteiger partial charge in [0.05, 0.1) is 19.0 Å².